The normalized spacial score (nSPS) is 27.6. The Labute approximate surface area is 135 Å². The van der Waals surface area contributed by atoms with Gasteiger partial charge in [0.05, 0.1) is 0 Å². The van der Waals surface area contributed by atoms with Crippen LogP contribution in [0.2, 0.25) is 0 Å². The summed E-state index contributed by atoms with van der Waals surface area (Å²) in [5, 5.41) is 0. The highest BCUT2D eigenvalue weighted by Gasteiger charge is 2.30. The average Bonchev–Trinajstić information content (AvgIpc) is 2.97. The quantitative estimate of drug-likeness (QED) is 0.827. The first kappa shape index (κ1) is 16.0. The largest absolute Gasteiger partial charge is 0.304 e. The first-order valence-electron chi connectivity index (χ1n) is 8.86. The number of hydrogen-bond donors (Lipinski definition) is 0. The summed E-state index contributed by atoms with van der Waals surface area (Å²) >= 11 is 0. The van der Waals surface area contributed by atoms with Crippen LogP contribution in [0.4, 0.5) is 0 Å². The third kappa shape index (κ3) is 4.31. The summed E-state index contributed by atoms with van der Waals surface area (Å²) in [7, 11) is 4.52. The highest BCUT2D eigenvalue weighted by atomic mass is 15.3. The average molecular weight is 301 g/mol. The standard InChI is InChI=1S/C19H31N3/c1-20-10-12-22(13-11-20)19-9-8-18(14-19)16-21(2)15-17-6-4-3-5-7-17/h3-7,18-19H,8-16H2,1-2H3. The van der Waals surface area contributed by atoms with Gasteiger partial charge in [-0.1, -0.05) is 30.3 Å². The Hall–Kier alpha value is -0.900. The van der Waals surface area contributed by atoms with E-state index in [4.69, 9.17) is 0 Å². The molecule has 3 nitrogen and oxygen atoms in total. The van der Waals surface area contributed by atoms with Crippen LogP contribution in [-0.4, -0.2) is 67.6 Å². The number of benzene rings is 1. The van der Waals surface area contributed by atoms with Crippen LogP contribution >= 0.6 is 0 Å². The SMILES string of the molecule is CN1CCN(C2CCC(CN(C)Cc3ccccc3)C2)CC1. The van der Waals surface area contributed by atoms with E-state index in [1.165, 1.54) is 57.5 Å². The molecule has 1 saturated carbocycles. The van der Waals surface area contributed by atoms with Crippen LogP contribution in [0.5, 0.6) is 0 Å². The van der Waals surface area contributed by atoms with Crippen LogP contribution < -0.4 is 0 Å². The molecule has 2 aliphatic rings. The summed E-state index contributed by atoms with van der Waals surface area (Å²) in [4.78, 5) is 7.71. The Balaban J connectivity index is 1.42. The molecule has 3 rings (SSSR count). The van der Waals surface area contributed by atoms with Crippen LogP contribution in [-0.2, 0) is 6.54 Å². The van der Waals surface area contributed by atoms with Crippen LogP contribution in [0.3, 0.4) is 0 Å². The molecule has 0 radical (unpaired) electrons. The second-order valence-electron chi connectivity index (χ2n) is 7.35. The van der Waals surface area contributed by atoms with Gasteiger partial charge >= 0.3 is 0 Å². The fraction of sp³-hybridized carbons (Fsp3) is 0.684. The van der Waals surface area contributed by atoms with E-state index < -0.39 is 0 Å². The van der Waals surface area contributed by atoms with Gasteiger partial charge in [0.1, 0.15) is 0 Å². The van der Waals surface area contributed by atoms with Crippen molar-refractivity contribution in [1.82, 2.24) is 14.7 Å². The van der Waals surface area contributed by atoms with Crippen molar-refractivity contribution < 1.29 is 0 Å². The van der Waals surface area contributed by atoms with Crippen molar-refractivity contribution in [1.29, 1.82) is 0 Å². The summed E-state index contributed by atoms with van der Waals surface area (Å²) in [5.74, 6) is 0.887. The predicted octanol–water partition coefficient (Wildman–Crippen LogP) is 2.53. The lowest BCUT2D eigenvalue weighted by atomic mass is 10.1. The van der Waals surface area contributed by atoms with Crippen LogP contribution in [0, 0.1) is 5.92 Å². The summed E-state index contributed by atoms with van der Waals surface area (Å²) in [6.07, 6.45) is 4.23. The maximum Gasteiger partial charge on any atom is 0.0230 e. The predicted molar refractivity (Wildman–Crippen MR) is 93.0 cm³/mol. The molecule has 0 aromatic heterocycles. The molecule has 22 heavy (non-hydrogen) atoms. The van der Waals surface area contributed by atoms with E-state index in [0.717, 1.165) is 18.5 Å². The molecule has 3 heteroatoms. The molecule has 2 unspecified atom stereocenters. The molecule has 2 fully saturated rings. The second kappa shape index (κ2) is 7.58. The van der Waals surface area contributed by atoms with Gasteiger partial charge in [-0.2, -0.15) is 0 Å². The maximum atomic E-state index is 2.75. The van der Waals surface area contributed by atoms with Gasteiger partial charge in [0.25, 0.3) is 0 Å². The smallest absolute Gasteiger partial charge is 0.0230 e. The van der Waals surface area contributed by atoms with E-state index >= 15 is 0 Å². The lowest BCUT2D eigenvalue weighted by molar-refractivity contribution is 0.110. The van der Waals surface area contributed by atoms with Crippen molar-refractivity contribution in [2.45, 2.75) is 31.8 Å². The third-order valence-electron chi connectivity index (χ3n) is 5.43. The third-order valence-corrected chi connectivity index (χ3v) is 5.43. The van der Waals surface area contributed by atoms with E-state index in [-0.39, 0.29) is 0 Å². The van der Waals surface area contributed by atoms with Gasteiger partial charge in [-0.25, -0.2) is 0 Å². The molecule has 1 saturated heterocycles. The highest BCUT2D eigenvalue weighted by molar-refractivity contribution is 5.14. The van der Waals surface area contributed by atoms with Gasteiger partial charge in [0, 0.05) is 45.3 Å². The van der Waals surface area contributed by atoms with Crippen LogP contribution in [0.1, 0.15) is 24.8 Å². The van der Waals surface area contributed by atoms with Crippen molar-refractivity contribution in [3.8, 4) is 0 Å². The van der Waals surface area contributed by atoms with E-state index in [9.17, 15) is 0 Å². The van der Waals surface area contributed by atoms with E-state index in [2.05, 4.69) is 59.1 Å². The van der Waals surface area contributed by atoms with Gasteiger partial charge in [-0.15, -0.1) is 0 Å². The molecule has 0 spiro atoms. The molecule has 0 amide bonds. The van der Waals surface area contributed by atoms with Crippen molar-refractivity contribution in [2.75, 3.05) is 46.8 Å². The summed E-state index contributed by atoms with van der Waals surface area (Å²) in [5.41, 5.74) is 1.43. The number of hydrogen-bond acceptors (Lipinski definition) is 3. The first-order valence-corrected chi connectivity index (χ1v) is 8.86. The van der Waals surface area contributed by atoms with Crippen molar-refractivity contribution in [2.24, 2.45) is 5.92 Å². The molecule has 0 N–H and O–H groups in total. The van der Waals surface area contributed by atoms with Gasteiger partial charge in [-0.05, 0) is 44.8 Å². The minimum absolute atomic E-state index is 0.851. The maximum absolute atomic E-state index is 2.75. The summed E-state index contributed by atoms with van der Waals surface area (Å²) < 4.78 is 0. The fourth-order valence-corrected chi connectivity index (χ4v) is 4.13. The first-order chi connectivity index (χ1) is 10.7. The zero-order valence-electron chi connectivity index (χ0n) is 14.2. The second-order valence-corrected chi connectivity index (χ2v) is 7.35. The van der Waals surface area contributed by atoms with Crippen LogP contribution in [0.25, 0.3) is 0 Å². The highest BCUT2D eigenvalue weighted by Crippen LogP contribution is 2.30. The zero-order valence-corrected chi connectivity index (χ0v) is 14.2. The van der Waals surface area contributed by atoms with E-state index in [0.29, 0.717) is 0 Å². The Morgan fingerprint density at radius 1 is 1.05 bits per heavy atom. The van der Waals surface area contributed by atoms with Gasteiger partial charge in [0.2, 0.25) is 0 Å². The van der Waals surface area contributed by atoms with Gasteiger partial charge in [-0.3, -0.25) is 4.90 Å². The Morgan fingerprint density at radius 2 is 1.77 bits per heavy atom. The molecule has 1 aromatic rings. The molecule has 1 aromatic carbocycles. The van der Waals surface area contributed by atoms with Crippen molar-refractivity contribution >= 4 is 0 Å². The van der Waals surface area contributed by atoms with Gasteiger partial charge < -0.3 is 9.80 Å². The number of nitrogens with zero attached hydrogens (tertiary/aromatic N) is 3. The lowest BCUT2D eigenvalue weighted by Crippen LogP contribution is -2.48. The molecular weight excluding hydrogens is 270 g/mol. The molecule has 122 valence electrons. The molecule has 2 atom stereocenters. The molecule has 1 aliphatic carbocycles. The molecule has 1 aliphatic heterocycles. The number of piperazine rings is 1. The number of rotatable bonds is 5. The molecule has 1 heterocycles. The Bertz CT molecular complexity index is 439. The summed E-state index contributed by atoms with van der Waals surface area (Å²) in [6, 6.07) is 11.7. The number of likely N-dealkylation sites (N-methyl/N-ethyl adjacent to an activating group) is 1. The van der Waals surface area contributed by atoms with Gasteiger partial charge in [0.15, 0.2) is 0 Å². The van der Waals surface area contributed by atoms with Crippen LogP contribution in [0.15, 0.2) is 30.3 Å². The molecule has 0 bridgehead atoms. The van der Waals surface area contributed by atoms with E-state index in [1.54, 1.807) is 0 Å². The fourth-order valence-electron chi connectivity index (χ4n) is 4.13. The molecular formula is C19H31N3. The van der Waals surface area contributed by atoms with E-state index in [1.807, 2.05) is 0 Å². The zero-order chi connectivity index (χ0) is 15.4. The Kier molecular flexibility index (Phi) is 5.51. The topological polar surface area (TPSA) is 9.72 Å². The minimum Gasteiger partial charge on any atom is -0.304 e. The van der Waals surface area contributed by atoms with Crippen molar-refractivity contribution in [3.05, 3.63) is 35.9 Å². The monoisotopic (exact) mass is 301 g/mol. The summed E-state index contributed by atoms with van der Waals surface area (Å²) in [6.45, 7) is 7.36. The van der Waals surface area contributed by atoms with Crippen molar-refractivity contribution in [3.63, 3.8) is 0 Å². The minimum atomic E-state index is 0.851. The lowest BCUT2D eigenvalue weighted by Gasteiger charge is -2.36. The Morgan fingerprint density at radius 3 is 2.50 bits per heavy atom.